The van der Waals surface area contributed by atoms with Gasteiger partial charge in [-0.3, -0.25) is 10.1 Å². The van der Waals surface area contributed by atoms with E-state index in [4.69, 9.17) is 0 Å². The highest BCUT2D eigenvalue weighted by atomic mass is 32.1. The Labute approximate surface area is 102 Å². The largest absolute Gasteiger partial charge is 0.418 e. The van der Waals surface area contributed by atoms with Crippen LogP contribution >= 0.6 is 11.3 Å². The van der Waals surface area contributed by atoms with Crippen LogP contribution in [0.5, 0.6) is 0 Å². The molecule has 8 heteroatoms. The molecule has 0 spiro atoms. The van der Waals surface area contributed by atoms with Crippen molar-refractivity contribution in [2.24, 2.45) is 0 Å². The van der Waals surface area contributed by atoms with Gasteiger partial charge in [0.15, 0.2) is 6.10 Å². The SMILES string of the molecule is O=[N+]([O-])c1cccc2c(C(O)C(F)(F)F)csc12. The molecule has 2 aromatic rings. The molecule has 0 aliphatic carbocycles. The molecule has 4 nitrogen and oxygen atoms in total. The van der Waals surface area contributed by atoms with Crippen LogP contribution in [0.2, 0.25) is 0 Å². The highest BCUT2D eigenvalue weighted by molar-refractivity contribution is 7.18. The van der Waals surface area contributed by atoms with E-state index in [-0.39, 0.29) is 21.3 Å². The van der Waals surface area contributed by atoms with E-state index in [9.17, 15) is 28.4 Å². The van der Waals surface area contributed by atoms with Crippen LogP contribution in [-0.4, -0.2) is 16.2 Å². The maximum absolute atomic E-state index is 12.4. The molecule has 1 unspecified atom stereocenters. The number of aliphatic hydroxyl groups excluding tert-OH is 1. The molecule has 0 bridgehead atoms. The second-order valence-corrected chi connectivity index (χ2v) is 4.43. The van der Waals surface area contributed by atoms with Crippen molar-refractivity contribution in [2.45, 2.75) is 12.3 Å². The molecule has 0 saturated carbocycles. The summed E-state index contributed by atoms with van der Waals surface area (Å²) in [7, 11) is 0. The number of aliphatic hydroxyl groups is 1. The van der Waals surface area contributed by atoms with Crippen molar-refractivity contribution in [3.8, 4) is 0 Å². The van der Waals surface area contributed by atoms with Crippen LogP contribution in [0.3, 0.4) is 0 Å². The second kappa shape index (κ2) is 4.21. The van der Waals surface area contributed by atoms with Crippen LogP contribution in [0, 0.1) is 10.1 Å². The molecular weight excluding hydrogens is 271 g/mol. The maximum atomic E-state index is 12.4. The van der Waals surface area contributed by atoms with Gasteiger partial charge >= 0.3 is 6.18 Å². The van der Waals surface area contributed by atoms with E-state index in [1.807, 2.05) is 0 Å². The molecular formula is C10H6F3NO3S. The van der Waals surface area contributed by atoms with Crippen LogP contribution in [0.4, 0.5) is 18.9 Å². The number of alkyl halides is 3. The molecule has 96 valence electrons. The molecule has 0 aliphatic heterocycles. The number of fused-ring (bicyclic) bond motifs is 1. The van der Waals surface area contributed by atoms with Crippen molar-refractivity contribution in [3.63, 3.8) is 0 Å². The summed E-state index contributed by atoms with van der Waals surface area (Å²) in [5.41, 5.74) is -0.621. The summed E-state index contributed by atoms with van der Waals surface area (Å²) >= 11 is 0.812. The van der Waals surface area contributed by atoms with Gasteiger partial charge in [0, 0.05) is 17.0 Å². The Morgan fingerprint density at radius 2 is 2.06 bits per heavy atom. The van der Waals surface area contributed by atoms with E-state index >= 15 is 0 Å². The first-order valence-corrected chi connectivity index (χ1v) is 5.59. The lowest BCUT2D eigenvalue weighted by Crippen LogP contribution is -2.19. The molecule has 1 heterocycles. The second-order valence-electron chi connectivity index (χ2n) is 3.55. The fourth-order valence-corrected chi connectivity index (χ4v) is 2.67. The molecule has 1 aromatic heterocycles. The predicted molar refractivity (Wildman–Crippen MR) is 59.5 cm³/mol. The number of halogens is 3. The Hall–Kier alpha value is -1.67. The predicted octanol–water partition coefficient (Wildman–Crippen LogP) is 3.41. The average Bonchev–Trinajstić information content (AvgIpc) is 2.69. The van der Waals surface area contributed by atoms with Gasteiger partial charge in [0.05, 0.1) is 4.92 Å². The lowest BCUT2D eigenvalue weighted by Gasteiger charge is -2.13. The Kier molecular flexibility index (Phi) is 2.99. The molecule has 0 radical (unpaired) electrons. The number of hydrogen-bond acceptors (Lipinski definition) is 4. The highest BCUT2D eigenvalue weighted by Gasteiger charge is 2.40. The third-order valence-electron chi connectivity index (χ3n) is 2.41. The molecule has 18 heavy (non-hydrogen) atoms. The van der Waals surface area contributed by atoms with Crippen molar-refractivity contribution in [3.05, 3.63) is 39.3 Å². The molecule has 2 rings (SSSR count). The average molecular weight is 277 g/mol. The minimum Gasteiger partial charge on any atom is -0.379 e. The van der Waals surface area contributed by atoms with Crippen molar-refractivity contribution >= 4 is 27.1 Å². The normalized spacial score (nSPS) is 13.8. The van der Waals surface area contributed by atoms with Gasteiger partial charge in [0.2, 0.25) is 0 Å². The number of nitrogens with zero attached hydrogens (tertiary/aromatic N) is 1. The van der Waals surface area contributed by atoms with Crippen molar-refractivity contribution < 1.29 is 23.2 Å². The quantitative estimate of drug-likeness (QED) is 0.675. The fraction of sp³-hybridized carbons (Fsp3) is 0.200. The molecule has 1 N–H and O–H groups in total. The van der Waals surface area contributed by atoms with Gasteiger partial charge in [-0.2, -0.15) is 13.2 Å². The van der Waals surface area contributed by atoms with Gasteiger partial charge in [0.25, 0.3) is 5.69 Å². The lowest BCUT2D eigenvalue weighted by molar-refractivity contribution is -0.382. The number of benzene rings is 1. The number of nitro benzene ring substituents is 1. The molecule has 0 aliphatic rings. The highest BCUT2D eigenvalue weighted by Crippen LogP contribution is 2.41. The molecule has 0 saturated heterocycles. The Bertz CT molecular complexity index is 608. The summed E-state index contributed by atoms with van der Waals surface area (Å²) < 4.78 is 37.4. The van der Waals surface area contributed by atoms with E-state index in [1.165, 1.54) is 18.2 Å². The number of non-ortho nitro benzene ring substituents is 1. The topological polar surface area (TPSA) is 63.4 Å². The van der Waals surface area contributed by atoms with Gasteiger partial charge in [-0.25, -0.2) is 0 Å². The van der Waals surface area contributed by atoms with Crippen molar-refractivity contribution in [2.75, 3.05) is 0 Å². The zero-order valence-corrected chi connectivity index (χ0v) is 9.46. The molecule has 1 aromatic carbocycles. The smallest absolute Gasteiger partial charge is 0.379 e. The van der Waals surface area contributed by atoms with Crippen molar-refractivity contribution in [1.82, 2.24) is 0 Å². The zero-order valence-electron chi connectivity index (χ0n) is 8.64. The van der Waals surface area contributed by atoms with Gasteiger partial charge in [-0.15, -0.1) is 11.3 Å². The van der Waals surface area contributed by atoms with Crippen LogP contribution in [0.15, 0.2) is 23.6 Å². The number of hydrogen-bond donors (Lipinski definition) is 1. The van der Waals surface area contributed by atoms with Crippen molar-refractivity contribution in [1.29, 1.82) is 0 Å². The number of rotatable bonds is 2. The van der Waals surface area contributed by atoms with Gasteiger partial charge in [-0.05, 0) is 5.38 Å². The molecule has 1 atom stereocenters. The summed E-state index contributed by atoms with van der Waals surface area (Å²) in [6.07, 6.45) is -7.42. The molecule has 0 amide bonds. The maximum Gasteiger partial charge on any atom is 0.418 e. The van der Waals surface area contributed by atoms with Crippen LogP contribution < -0.4 is 0 Å². The number of thiophene rings is 1. The summed E-state index contributed by atoms with van der Waals surface area (Å²) in [6.45, 7) is 0. The first-order valence-electron chi connectivity index (χ1n) is 4.71. The van der Waals surface area contributed by atoms with E-state index in [0.29, 0.717) is 0 Å². The number of nitro groups is 1. The van der Waals surface area contributed by atoms with Gasteiger partial charge in [-0.1, -0.05) is 12.1 Å². The van der Waals surface area contributed by atoms with Gasteiger partial charge < -0.3 is 5.11 Å². The van der Waals surface area contributed by atoms with Gasteiger partial charge in [0.1, 0.15) is 4.70 Å². The monoisotopic (exact) mass is 277 g/mol. The summed E-state index contributed by atoms with van der Waals surface area (Å²) in [4.78, 5) is 10.1. The fourth-order valence-electron chi connectivity index (χ4n) is 1.59. The Morgan fingerprint density at radius 3 is 2.61 bits per heavy atom. The van der Waals surface area contributed by atoms with Crippen LogP contribution in [0.1, 0.15) is 11.7 Å². The summed E-state index contributed by atoms with van der Waals surface area (Å²) in [5.74, 6) is 0. The van der Waals surface area contributed by atoms with Crippen LogP contribution in [0.25, 0.3) is 10.1 Å². The lowest BCUT2D eigenvalue weighted by atomic mass is 10.1. The minimum absolute atomic E-state index is 0.0547. The third-order valence-corrected chi connectivity index (χ3v) is 3.45. The van der Waals surface area contributed by atoms with E-state index in [1.54, 1.807) is 0 Å². The summed E-state index contributed by atoms with van der Waals surface area (Å²) in [6, 6.07) is 3.82. The van der Waals surface area contributed by atoms with E-state index in [0.717, 1.165) is 16.7 Å². The standard InChI is InChI=1S/C10H6F3NO3S/c11-10(12,13)9(15)6-4-18-8-5(6)2-1-3-7(8)14(16)17/h1-4,9,15H. The van der Waals surface area contributed by atoms with E-state index in [2.05, 4.69) is 0 Å². The first-order chi connectivity index (χ1) is 8.32. The third kappa shape index (κ3) is 2.04. The first kappa shape index (κ1) is 12.8. The molecule has 0 fully saturated rings. The minimum atomic E-state index is -4.79. The Balaban J connectivity index is 2.63. The Morgan fingerprint density at radius 1 is 1.39 bits per heavy atom. The zero-order chi connectivity index (χ0) is 13.5. The van der Waals surface area contributed by atoms with E-state index < -0.39 is 17.2 Å². The van der Waals surface area contributed by atoms with Crippen LogP contribution in [-0.2, 0) is 0 Å². The summed E-state index contributed by atoms with van der Waals surface area (Å²) in [5, 5.41) is 21.1.